The molecule has 0 radical (unpaired) electrons. The lowest BCUT2D eigenvalue weighted by Crippen LogP contribution is -2.09. The Morgan fingerprint density at radius 1 is 0.500 bits per heavy atom. The molecule has 0 aromatic heterocycles. The molecule has 0 heteroatoms. The maximum atomic E-state index is 2.40. The van der Waals surface area contributed by atoms with E-state index in [4.69, 9.17) is 0 Å². The van der Waals surface area contributed by atoms with Crippen LogP contribution in [0.2, 0.25) is 0 Å². The third-order valence-corrected chi connectivity index (χ3v) is 4.87. The Balaban J connectivity index is 3.32. The van der Waals surface area contributed by atoms with E-state index < -0.39 is 0 Å². The van der Waals surface area contributed by atoms with Crippen molar-refractivity contribution in [2.75, 3.05) is 0 Å². The van der Waals surface area contributed by atoms with Gasteiger partial charge in [-0.3, -0.25) is 0 Å². The lowest BCUT2D eigenvalue weighted by Gasteiger charge is -2.22. The summed E-state index contributed by atoms with van der Waals surface area (Å²) in [4.78, 5) is 0. The van der Waals surface area contributed by atoms with E-state index in [-0.39, 0.29) is 0 Å². The Morgan fingerprint density at radius 2 is 0.778 bits per heavy atom. The molecule has 110 valence electrons. The summed E-state index contributed by atoms with van der Waals surface area (Å²) in [7, 11) is 0. The smallest absolute Gasteiger partial charge is 0.0357 e. The Labute approximate surface area is 117 Å². The zero-order valence-electron chi connectivity index (χ0n) is 14.1. The maximum Gasteiger partial charge on any atom is -0.0357 e. The molecule has 0 saturated heterocycles. The van der Waals surface area contributed by atoms with Crippen LogP contribution >= 0.6 is 0 Å². The van der Waals surface area contributed by atoms with Crippen LogP contribution < -0.4 is 0 Å². The summed E-state index contributed by atoms with van der Waals surface area (Å²) in [5.74, 6) is 0. The zero-order chi connectivity index (χ0) is 14.1. The molecule has 0 amide bonds. The predicted octanol–water partition coefficient (Wildman–Crippen LogP) is 6.98. The first-order valence-corrected chi connectivity index (χ1v) is 8.33. The third kappa shape index (κ3) is 9.97. The van der Waals surface area contributed by atoms with Crippen LogP contribution in [-0.2, 0) is 0 Å². The highest BCUT2D eigenvalue weighted by Crippen LogP contribution is 2.28. The average molecular weight is 255 g/mol. The molecule has 0 rings (SSSR count). The van der Waals surface area contributed by atoms with Gasteiger partial charge in [0.25, 0.3) is 0 Å². The summed E-state index contributed by atoms with van der Waals surface area (Å²) in [6, 6.07) is 0. The summed E-state index contributed by atoms with van der Waals surface area (Å²) in [6.45, 7) is 14.2. The summed E-state index contributed by atoms with van der Waals surface area (Å²) >= 11 is 0. The van der Waals surface area contributed by atoms with Gasteiger partial charge < -0.3 is 0 Å². The molecule has 0 aromatic rings. The topological polar surface area (TPSA) is 0 Å². The molecule has 0 nitrogen and oxygen atoms in total. The van der Waals surface area contributed by atoms with Crippen molar-refractivity contribution in [3.8, 4) is 0 Å². The molecule has 0 aliphatic rings. The van der Waals surface area contributed by atoms with Gasteiger partial charge in [0.2, 0.25) is 0 Å². The fourth-order valence-electron chi connectivity index (χ4n) is 2.27. The van der Waals surface area contributed by atoms with Crippen LogP contribution in [0.4, 0.5) is 0 Å². The van der Waals surface area contributed by atoms with Gasteiger partial charge in [0.15, 0.2) is 0 Å². The minimum absolute atomic E-state index is 0.575. The van der Waals surface area contributed by atoms with Crippen molar-refractivity contribution in [2.45, 2.75) is 106 Å². The second-order valence-corrected chi connectivity index (χ2v) is 7.66. The lowest BCUT2D eigenvalue weighted by atomic mass is 9.83. The molecular weight excluding hydrogens is 216 g/mol. The summed E-state index contributed by atoms with van der Waals surface area (Å²) in [6.07, 6.45) is 14.1. The zero-order valence-corrected chi connectivity index (χ0v) is 14.1. The fourth-order valence-corrected chi connectivity index (χ4v) is 2.27. The highest BCUT2D eigenvalue weighted by Gasteiger charge is 2.14. The molecule has 0 fully saturated rings. The van der Waals surface area contributed by atoms with E-state index in [1.165, 1.54) is 64.2 Å². The Morgan fingerprint density at radius 3 is 1.06 bits per heavy atom. The Bertz CT molecular complexity index is 166. The van der Waals surface area contributed by atoms with Gasteiger partial charge in [-0.25, -0.2) is 0 Å². The highest BCUT2D eigenvalue weighted by molar-refractivity contribution is 4.67. The van der Waals surface area contributed by atoms with Crippen LogP contribution in [0.5, 0.6) is 0 Å². The minimum Gasteiger partial charge on any atom is -0.0649 e. The van der Waals surface area contributed by atoms with E-state index in [9.17, 15) is 0 Å². The van der Waals surface area contributed by atoms with Crippen molar-refractivity contribution in [1.82, 2.24) is 0 Å². The molecule has 0 heterocycles. The molecule has 0 spiro atoms. The molecule has 0 N–H and O–H groups in total. The van der Waals surface area contributed by atoms with Gasteiger partial charge in [-0.2, -0.15) is 0 Å². The Hall–Kier alpha value is 0. The van der Waals surface area contributed by atoms with E-state index in [2.05, 4.69) is 41.5 Å². The molecule has 0 aliphatic carbocycles. The standard InChI is InChI=1S/C18H38/c1-7-17(3,4)15-13-11-9-10-12-14-16-18(5,6)8-2/h7-16H2,1-6H3. The summed E-state index contributed by atoms with van der Waals surface area (Å²) in [5.41, 5.74) is 1.15. The highest BCUT2D eigenvalue weighted by atomic mass is 14.2. The van der Waals surface area contributed by atoms with Gasteiger partial charge >= 0.3 is 0 Å². The van der Waals surface area contributed by atoms with Gasteiger partial charge in [0.05, 0.1) is 0 Å². The maximum absolute atomic E-state index is 2.40. The summed E-state index contributed by atoms with van der Waals surface area (Å²) < 4.78 is 0. The van der Waals surface area contributed by atoms with Crippen LogP contribution in [0.25, 0.3) is 0 Å². The van der Waals surface area contributed by atoms with E-state index >= 15 is 0 Å². The monoisotopic (exact) mass is 254 g/mol. The predicted molar refractivity (Wildman–Crippen MR) is 85.1 cm³/mol. The molecule has 0 atom stereocenters. The fraction of sp³-hybridized carbons (Fsp3) is 1.00. The Kier molecular flexibility index (Phi) is 8.99. The van der Waals surface area contributed by atoms with Crippen molar-refractivity contribution in [1.29, 1.82) is 0 Å². The molecule has 0 bridgehead atoms. The molecule has 0 saturated carbocycles. The number of hydrogen-bond acceptors (Lipinski definition) is 0. The molecule has 0 aromatic carbocycles. The van der Waals surface area contributed by atoms with E-state index in [0.29, 0.717) is 10.8 Å². The normalized spacial score (nSPS) is 13.0. The molecule has 0 aliphatic heterocycles. The van der Waals surface area contributed by atoms with Crippen LogP contribution in [-0.4, -0.2) is 0 Å². The lowest BCUT2D eigenvalue weighted by molar-refractivity contribution is 0.300. The van der Waals surface area contributed by atoms with Crippen LogP contribution in [0, 0.1) is 10.8 Å². The second kappa shape index (κ2) is 8.99. The van der Waals surface area contributed by atoms with Crippen LogP contribution in [0.15, 0.2) is 0 Å². The van der Waals surface area contributed by atoms with Crippen molar-refractivity contribution in [3.05, 3.63) is 0 Å². The van der Waals surface area contributed by atoms with Crippen molar-refractivity contribution in [3.63, 3.8) is 0 Å². The van der Waals surface area contributed by atoms with Gasteiger partial charge in [-0.05, 0) is 23.7 Å². The molecular formula is C18H38. The quantitative estimate of drug-likeness (QED) is 0.349. The first kappa shape index (κ1) is 18.0. The van der Waals surface area contributed by atoms with E-state index in [1.807, 2.05) is 0 Å². The van der Waals surface area contributed by atoms with Gasteiger partial charge in [0, 0.05) is 0 Å². The van der Waals surface area contributed by atoms with Crippen LogP contribution in [0.3, 0.4) is 0 Å². The number of unbranched alkanes of at least 4 members (excludes halogenated alkanes) is 5. The summed E-state index contributed by atoms with van der Waals surface area (Å²) in [5, 5.41) is 0. The van der Waals surface area contributed by atoms with E-state index in [0.717, 1.165) is 0 Å². The van der Waals surface area contributed by atoms with Crippen molar-refractivity contribution < 1.29 is 0 Å². The average Bonchev–Trinajstić information content (AvgIpc) is 2.32. The second-order valence-electron chi connectivity index (χ2n) is 7.66. The first-order valence-electron chi connectivity index (χ1n) is 8.33. The minimum atomic E-state index is 0.575. The third-order valence-electron chi connectivity index (χ3n) is 4.87. The number of rotatable bonds is 11. The molecule has 0 unspecified atom stereocenters. The van der Waals surface area contributed by atoms with Crippen molar-refractivity contribution >= 4 is 0 Å². The van der Waals surface area contributed by atoms with Gasteiger partial charge in [-0.1, -0.05) is 92.9 Å². The van der Waals surface area contributed by atoms with Gasteiger partial charge in [0.1, 0.15) is 0 Å². The first-order chi connectivity index (χ1) is 8.33. The van der Waals surface area contributed by atoms with Crippen LogP contribution in [0.1, 0.15) is 106 Å². The number of hydrogen-bond donors (Lipinski definition) is 0. The SMILES string of the molecule is CCC(C)(C)CCCCCCCCC(C)(C)CC. The van der Waals surface area contributed by atoms with Gasteiger partial charge in [-0.15, -0.1) is 0 Å². The van der Waals surface area contributed by atoms with E-state index in [1.54, 1.807) is 0 Å². The largest absolute Gasteiger partial charge is 0.0649 e. The van der Waals surface area contributed by atoms with Crippen molar-refractivity contribution in [2.24, 2.45) is 10.8 Å². The molecule has 18 heavy (non-hydrogen) atoms.